The van der Waals surface area contributed by atoms with Gasteiger partial charge in [-0.3, -0.25) is 9.59 Å². The molecule has 2 heterocycles. The highest BCUT2D eigenvalue weighted by molar-refractivity contribution is 9.10. The van der Waals surface area contributed by atoms with Crippen molar-refractivity contribution in [2.75, 3.05) is 0 Å². The highest BCUT2D eigenvalue weighted by atomic mass is 79.9. The molecule has 0 amide bonds. The van der Waals surface area contributed by atoms with Gasteiger partial charge in [0.05, 0.1) is 66.6 Å². The van der Waals surface area contributed by atoms with E-state index < -0.39 is 0 Å². The zero-order valence-corrected chi connectivity index (χ0v) is 35.1. The predicted molar refractivity (Wildman–Crippen MR) is 225 cm³/mol. The van der Waals surface area contributed by atoms with Gasteiger partial charge in [-0.25, -0.2) is 0 Å². The third kappa shape index (κ3) is 9.83. The number of carbonyl (C=O) groups is 2. The molecule has 0 unspecified atom stereocenters. The van der Waals surface area contributed by atoms with Crippen molar-refractivity contribution in [3.63, 3.8) is 0 Å². The molecule has 0 aliphatic rings. The Balaban J connectivity index is 1.17. The van der Waals surface area contributed by atoms with E-state index in [1.807, 2.05) is 74.5 Å². The SMILES string of the molecule is Cc1c(COc2nc(OCc3cc(C#N)cc(C#N)c3)c(C=O)cc2Br)cccc1-c1cccc(COc2nc(OCc3cc(C#N)cc(C#N)c3)c(C=O)cc2Br)c1C. The van der Waals surface area contributed by atoms with Crippen LogP contribution >= 0.6 is 31.9 Å². The van der Waals surface area contributed by atoms with Crippen molar-refractivity contribution in [3.8, 4) is 58.9 Å². The molecule has 0 radical (unpaired) electrons. The van der Waals surface area contributed by atoms with Crippen molar-refractivity contribution in [1.29, 1.82) is 21.0 Å². The summed E-state index contributed by atoms with van der Waals surface area (Å²) in [6.07, 6.45) is 1.24. The zero-order valence-electron chi connectivity index (χ0n) is 32.0. The number of aldehydes is 2. The Kier molecular flexibility index (Phi) is 13.7. The largest absolute Gasteiger partial charge is 0.472 e. The average molecular weight is 923 g/mol. The summed E-state index contributed by atoms with van der Waals surface area (Å²) < 4.78 is 25.0. The van der Waals surface area contributed by atoms with Crippen LogP contribution in [0.15, 0.2) is 93.9 Å². The molecular weight excluding hydrogens is 892 g/mol. The summed E-state index contributed by atoms with van der Waals surface area (Å²) in [4.78, 5) is 32.8. The van der Waals surface area contributed by atoms with E-state index in [2.05, 4.69) is 41.8 Å². The van der Waals surface area contributed by atoms with E-state index in [0.29, 0.717) is 54.9 Å². The number of nitrogens with zero attached hydrogens (tertiary/aromatic N) is 6. The first-order valence-electron chi connectivity index (χ1n) is 18.0. The lowest BCUT2D eigenvalue weighted by Gasteiger charge is -2.17. The number of aromatic nitrogens is 2. The normalized spacial score (nSPS) is 10.3. The highest BCUT2D eigenvalue weighted by Crippen LogP contribution is 2.35. The number of ether oxygens (including phenoxy) is 4. The second-order valence-electron chi connectivity index (χ2n) is 13.2. The Morgan fingerprint density at radius 1 is 0.517 bits per heavy atom. The van der Waals surface area contributed by atoms with Crippen molar-refractivity contribution in [2.24, 2.45) is 0 Å². The molecule has 0 spiro atoms. The molecule has 60 heavy (non-hydrogen) atoms. The fraction of sp³-hybridized carbons (Fsp3) is 0.130. The molecule has 6 aromatic rings. The molecule has 0 saturated heterocycles. The van der Waals surface area contributed by atoms with E-state index in [-0.39, 0.29) is 61.1 Å². The molecule has 0 fully saturated rings. The van der Waals surface area contributed by atoms with Gasteiger partial charge in [0.15, 0.2) is 12.6 Å². The summed E-state index contributed by atoms with van der Waals surface area (Å²) in [5, 5.41) is 37.3. The molecule has 0 bridgehead atoms. The van der Waals surface area contributed by atoms with Crippen molar-refractivity contribution in [2.45, 2.75) is 40.3 Å². The first-order chi connectivity index (χ1) is 29.1. The number of hydrogen-bond acceptors (Lipinski definition) is 12. The van der Waals surface area contributed by atoms with Crippen LogP contribution in [0.5, 0.6) is 23.5 Å². The third-order valence-electron chi connectivity index (χ3n) is 9.29. The maximum absolute atomic E-state index is 11.9. The molecule has 6 rings (SSSR count). The quantitative estimate of drug-likeness (QED) is 0.0887. The van der Waals surface area contributed by atoms with Crippen LogP contribution in [0.4, 0.5) is 0 Å². The monoisotopic (exact) mass is 920 g/mol. The maximum atomic E-state index is 11.9. The number of hydrogen-bond donors (Lipinski definition) is 0. The molecule has 0 aliphatic heterocycles. The van der Waals surface area contributed by atoms with Crippen LogP contribution in [0.1, 0.15) is 76.4 Å². The minimum absolute atomic E-state index is 0.0345. The predicted octanol–water partition coefficient (Wildman–Crippen LogP) is 9.71. The van der Waals surface area contributed by atoms with Crippen LogP contribution in [0.2, 0.25) is 0 Å². The lowest BCUT2D eigenvalue weighted by atomic mass is 9.92. The van der Waals surface area contributed by atoms with Gasteiger partial charge in [0, 0.05) is 0 Å². The van der Waals surface area contributed by atoms with Gasteiger partial charge in [0.2, 0.25) is 23.5 Å². The first-order valence-corrected chi connectivity index (χ1v) is 19.5. The summed E-state index contributed by atoms with van der Waals surface area (Å²) in [5.74, 6) is 0.477. The van der Waals surface area contributed by atoms with Gasteiger partial charge in [-0.15, -0.1) is 0 Å². The number of carbonyl (C=O) groups excluding carboxylic acids is 2. The van der Waals surface area contributed by atoms with Crippen molar-refractivity contribution in [1.82, 2.24) is 9.97 Å². The van der Waals surface area contributed by atoms with E-state index in [4.69, 9.17) is 18.9 Å². The van der Waals surface area contributed by atoms with Crippen LogP contribution in [0, 0.1) is 59.2 Å². The summed E-state index contributed by atoms with van der Waals surface area (Å²) in [6.45, 7) is 4.22. The molecule has 0 atom stereocenters. The van der Waals surface area contributed by atoms with Gasteiger partial charge in [0.25, 0.3) is 0 Å². The lowest BCUT2D eigenvalue weighted by Crippen LogP contribution is -2.06. The Morgan fingerprint density at radius 3 is 1.20 bits per heavy atom. The van der Waals surface area contributed by atoms with E-state index in [1.165, 1.54) is 12.1 Å². The van der Waals surface area contributed by atoms with Crippen LogP contribution in [0.3, 0.4) is 0 Å². The molecule has 294 valence electrons. The summed E-state index contributed by atoms with van der Waals surface area (Å²) in [7, 11) is 0. The van der Waals surface area contributed by atoms with Crippen molar-refractivity contribution < 1.29 is 28.5 Å². The number of halogens is 2. The lowest BCUT2D eigenvalue weighted by molar-refractivity contribution is 0.111. The first kappa shape index (κ1) is 42.3. The number of nitriles is 4. The van der Waals surface area contributed by atoms with E-state index in [1.54, 1.807) is 36.4 Å². The molecule has 14 heteroatoms. The average Bonchev–Trinajstić information content (AvgIpc) is 3.27. The fourth-order valence-electron chi connectivity index (χ4n) is 6.21. The highest BCUT2D eigenvalue weighted by Gasteiger charge is 2.18. The van der Waals surface area contributed by atoms with Crippen LogP contribution in [-0.2, 0) is 26.4 Å². The van der Waals surface area contributed by atoms with Gasteiger partial charge in [-0.1, -0.05) is 36.4 Å². The Labute approximate surface area is 362 Å². The van der Waals surface area contributed by atoms with Gasteiger partial charge in [-0.05, 0) is 139 Å². The molecule has 2 aromatic heterocycles. The number of pyridine rings is 2. The molecule has 0 N–H and O–H groups in total. The van der Waals surface area contributed by atoms with Crippen molar-refractivity contribution >= 4 is 44.4 Å². The number of benzene rings is 4. The fourth-order valence-corrected chi connectivity index (χ4v) is 7.11. The number of rotatable bonds is 15. The van der Waals surface area contributed by atoms with E-state index in [9.17, 15) is 30.6 Å². The Morgan fingerprint density at radius 2 is 0.867 bits per heavy atom. The smallest absolute Gasteiger partial charge is 0.231 e. The third-order valence-corrected chi connectivity index (χ3v) is 10.4. The van der Waals surface area contributed by atoms with Gasteiger partial charge >= 0.3 is 0 Å². The summed E-state index contributed by atoms with van der Waals surface area (Å²) >= 11 is 6.91. The van der Waals surface area contributed by atoms with Crippen LogP contribution in [0.25, 0.3) is 11.1 Å². The maximum Gasteiger partial charge on any atom is 0.231 e. The van der Waals surface area contributed by atoms with Crippen LogP contribution in [-0.4, -0.2) is 22.5 Å². The molecule has 0 saturated carbocycles. The van der Waals surface area contributed by atoms with Crippen LogP contribution < -0.4 is 18.9 Å². The molecule has 4 aromatic carbocycles. The van der Waals surface area contributed by atoms with Gasteiger partial charge < -0.3 is 18.9 Å². The van der Waals surface area contributed by atoms with E-state index in [0.717, 1.165) is 33.4 Å². The van der Waals surface area contributed by atoms with Gasteiger partial charge in [-0.2, -0.15) is 31.0 Å². The van der Waals surface area contributed by atoms with Crippen molar-refractivity contribution in [3.05, 3.63) is 161 Å². The minimum Gasteiger partial charge on any atom is -0.472 e. The molecular formula is C46H30Br2N6O6. The summed E-state index contributed by atoms with van der Waals surface area (Å²) in [6, 6.07) is 32.4. The molecule has 12 nitrogen and oxygen atoms in total. The minimum atomic E-state index is -0.0363. The zero-order chi connectivity index (χ0) is 42.8. The van der Waals surface area contributed by atoms with Gasteiger partial charge in [0.1, 0.15) is 26.4 Å². The second-order valence-corrected chi connectivity index (χ2v) is 14.9. The Hall–Kier alpha value is -7.36. The standard InChI is InChI=1S/C46H30Br2N6O6/c1-27-35(25-59-45-41(47)15-37(21-55)43(53-45)57-23-33-11-29(17-49)9-30(12-33)18-50)5-3-7-39(27)40-8-4-6-36(28(40)2)26-60-46-42(48)16-38(22-56)44(54-46)58-24-34-13-31(19-51)10-32(14-34)20-52/h3-16,21-22H,23-26H2,1-2H3. The topological polar surface area (TPSA) is 192 Å². The molecule has 0 aliphatic carbocycles. The second kappa shape index (κ2) is 19.4. The summed E-state index contributed by atoms with van der Waals surface area (Å²) in [5.41, 5.74) is 8.44. The Bertz CT molecular complexity index is 2580. The van der Waals surface area contributed by atoms with E-state index >= 15 is 0 Å².